The van der Waals surface area contributed by atoms with E-state index in [9.17, 15) is 4.79 Å². The highest BCUT2D eigenvalue weighted by atomic mass is 16.5. The Kier molecular flexibility index (Phi) is 5.34. The predicted molar refractivity (Wildman–Crippen MR) is 103 cm³/mol. The Labute approximate surface area is 148 Å². The Morgan fingerprint density at radius 2 is 1.72 bits per heavy atom. The van der Waals surface area contributed by atoms with Gasteiger partial charge in [-0.2, -0.15) is 0 Å². The van der Waals surface area contributed by atoms with Crippen LogP contribution in [0, 0.1) is 0 Å². The van der Waals surface area contributed by atoms with Gasteiger partial charge < -0.3 is 10.1 Å². The lowest BCUT2D eigenvalue weighted by molar-refractivity contribution is -0.118. The molecule has 1 N–H and O–H groups in total. The van der Waals surface area contributed by atoms with Crippen LogP contribution in [-0.4, -0.2) is 12.5 Å². The largest absolute Gasteiger partial charge is 0.484 e. The van der Waals surface area contributed by atoms with Crippen molar-refractivity contribution in [2.24, 2.45) is 0 Å². The number of hydrogen-bond acceptors (Lipinski definition) is 2. The molecule has 3 rings (SSSR count). The number of carbonyl (C=O) groups excluding carboxylic acids is 1. The molecule has 3 aromatic rings. The summed E-state index contributed by atoms with van der Waals surface area (Å²) in [5.41, 5.74) is 2.06. The Hall–Kier alpha value is -2.81. The molecule has 0 radical (unpaired) electrons. The van der Waals surface area contributed by atoms with Crippen LogP contribution < -0.4 is 10.1 Å². The summed E-state index contributed by atoms with van der Waals surface area (Å²) in [6.45, 7) is 4.37. The van der Waals surface area contributed by atoms with E-state index in [0.717, 1.165) is 22.9 Å². The second kappa shape index (κ2) is 7.84. The molecule has 3 heteroatoms. The summed E-state index contributed by atoms with van der Waals surface area (Å²) in [6.07, 6.45) is 1.11. The minimum Gasteiger partial charge on any atom is -0.484 e. The summed E-state index contributed by atoms with van der Waals surface area (Å²) < 4.78 is 5.58. The van der Waals surface area contributed by atoms with Crippen LogP contribution in [0.5, 0.6) is 5.75 Å². The molecule has 0 aliphatic heterocycles. The van der Waals surface area contributed by atoms with Crippen LogP contribution in [0.15, 0.2) is 66.7 Å². The zero-order chi connectivity index (χ0) is 17.6. The highest BCUT2D eigenvalue weighted by molar-refractivity contribution is 5.95. The van der Waals surface area contributed by atoms with Crippen LogP contribution >= 0.6 is 0 Å². The maximum atomic E-state index is 12.1. The van der Waals surface area contributed by atoms with Crippen molar-refractivity contribution in [2.45, 2.75) is 26.2 Å². The third-order valence-electron chi connectivity index (χ3n) is 4.46. The van der Waals surface area contributed by atoms with Crippen molar-refractivity contribution in [3.63, 3.8) is 0 Å². The molecule has 3 nitrogen and oxygen atoms in total. The fraction of sp³-hybridized carbons (Fsp3) is 0.227. The lowest BCUT2D eigenvalue weighted by Crippen LogP contribution is -2.20. The summed E-state index contributed by atoms with van der Waals surface area (Å²) >= 11 is 0. The first-order chi connectivity index (χ1) is 12.2. The number of benzene rings is 3. The van der Waals surface area contributed by atoms with Crippen LogP contribution in [0.4, 0.5) is 5.69 Å². The number of carbonyl (C=O) groups is 1. The number of rotatable bonds is 6. The van der Waals surface area contributed by atoms with Crippen LogP contribution in [-0.2, 0) is 4.79 Å². The summed E-state index contributed by atoms with van der Waals surface area (Å²) in [7, 11) is 0. The van der Waals surface area contributed by atoms with Crippen molar-refractivity contribution in [3.8, 4) is 5.75 Å². The SMILES string of the molecule is CC[C@H](C)c1ccc(OCC(=O)Nc2ccc3ccccc3c2)cc1. The van der Waals surface area contributed by atoms with Crippen molar-refractivity contribution < 1.29 is 9.53 Å². The monoisotopic (exact) mass is 333 g/mol. The standard InChI is InChI=1S/C22H23NO2/c1-3-16(2)17-9-12-21(13-10-17)25-15-22(24)23-20-11-8-18-6-4-5-7-19(18)14-20/h4-14,16H,3,15H2,1-2H3,(H,23,24)/t16-/m0/s1. The lowest BCUT2D eigenvalue weighted by Gasteiger charge is -2.11. The molecule has 3 aromatic carbocycles. The molecule has 25 heavy (non-hydrogen) atoms. The average Bonchev–Trinajstić information content (AvgIpc) is 2.66. The number of fused-ring (bicyclic) bond motifs is 1. The van der Waals surface area contributed by atoms with Gasteiger partial charge in [0.15, 0.2) is 6.61 Å². The zero-order valence-corrected chi connectivity index (χ0v) is 14.7. The third-order valence-corrected chi connectivity index (χ3v) is 4.46. The number of amides is 1. The molecule has 0 unspecified atom stereocenters. The van der Waals surface area contributed by atoms with Crippen LogP contribution in [0.25, 0.3) is 10.8 Å². The van der Waals surface area contributed by atoms with E-state index in [-0.39, 0.29) is 12.5 Å². The number of hydrogen-bond donors (Lipinski definition) is 1. The van der Waals surface area contributed by atoms with Crippen LogP contribution in [0.3, 0.4) is 0 Å². The fourth-order valence-corrected chi connectivity index (χ4v) is 2.74. The predicted octanol–water partition coefficient (Wildman–Crippen LogP) is 5.37. The van der Waals surface area contributed by atoms with Gasteiger partial charge >= 0.3 is 0 Å². The summed E-state index contributed by atoms with van der Waals surface area (Å²) in [5.74, 6) is 1.08. The molecule has 0 heterocycles. The topological polar surface area (TPSA) is 38.3 Å². The van der Waals surface area contributed by atoms with Gasteiger partial charge in [-0.1, -0.05) is 56.3 Å². The van der Waals surface area contributed by atoms with E-state index in [1.807, 2.05) is 54.6 Å². The fourth-order valence-electron chi connectivity index (χ4n) is 2.74. The Bertz CT molecular complexity index is 855. The van der Waals surface area contributed by atoms with E-state index in [1.165, 1.54) is 5.56 Å². The van der Waals surface area contributed by atoms with Gasteiger partial charge in [0.1, 0.15) is 5.75 Å². The van der Waals surface area contributed by atoms with Crippen molar-refractivity contribution in [2.75, 3.05) is 11.9 Å². The van der Waals surface area contributed by atoms with Crippen molar-refractivity contribution in [1.82, 2.24) is 0 Å². The molecule has 0 saturated heterocycles. The van der Waals surface area contributed by atoms with Gasteiger partial charge in [0.05, 0.1) is 0 Å². The zero-order valence-electron chi connectivity index (χ0n) is 14.7. The summed E-state index contributed by atoms with van der Waals surface area (Å²) in [4.78, 5) is 12.1. The molecular weight excluding hydrogens is 310 g/mol. The van der Waals surface area contributed by atoms with Gasteiger partial charge in [0.25, 0.3) is 5.91 Å². The number of nitrogens with one attached hydrogen (secondary N) is 1. The first-order valence-corrected chi connectivity index (χ1v) is 8.67. The highest BCUT2D eigenvalue weighted by Crippen LogP contribution is 2.22. The van der Waals surface area contributed by atoms with E-state index < -0.39 is 0 Å². The Balaban J connectivity index is 1.56. The quantitative estimate of drug-likeness (QED) is 0.658. The number of ether oxygens (including phenoxy) is 1. The van der Waals surface area contributed by atoms with Gasteiger partial charge in [-0.3, -0.25) is 4.79 Å². The molecule has 128 valence electrons. The van der Waals surface area contributed by atoms with Gasteiger partial charge in [-0.05, 0) is 52.9 Å². The van der Waals surface area contributed by atoms with Crippen molar-refractivity contribution >= 4 is 22.4 Å². The molecule has 1 amide bonds. The van der Waals surface area contributed by atoms with E-state index in [1.54, 1.807) is 0 Å². The highest BCUT2D eigenvalue weighted by Gasteiger charge is 2.06. The van der Waals surface area contributed by atoms with E-state index in [4.69, 9.17) is 4.74 Å². The van der Waals surface area contributed by atoms with E-state index in [2.05, 4.69) is 31.3 Å². The maximum Gasteiger partial charge on any atom is 0.262 e. The Morgan fingerprint density at radius 3 is 2.44 bits per heavy atom. The molecule has 0 fully saturated rings. The molecule has 0 aliphatic carbocycles. The second-order valence-corrected chi connectivity index (χ2v) is 6.28. The van der Waals surface area contributed by atoms with Gasteiger partial charge in [0.2, 0.25) is 0 Å². The van der Waals surface area contributed by atoms with Crippen LogP contribution in [0.2, 0.25) is 0 Å². The number of anilines is 1. The van der Waals surface area contributed by atoms with Crippen molar-refractivity contribution in [3.05, 3.63) is 72.3 Å². The molecule has 0 spiro atoms. The Morgan fingerprint density at radius 1 is 1.00 bits per heavy atom. The minimum atomic E-state index is -0.165. The maximum absolute atomic E-state index is 12.1. The second-order valence-electron chi connectivity index (χ2n) is 6.28. The first-order valence-electron chi connectivity index (χ1n) is 8.67. The molecular formula is C22H23NO2. The summed E-state index contributed by atoms with van der Waals surface area (Å²) in [6, 6.07) is 21.9. The molecule has 0 saturated carbocycles. The molecule has 0 bridgehead atoms. The van der Waals surface area contributed by atoms with Gasteiger partial charge in [0, 0.05) is 5.69 Å². The first kappa shape index (κ1) is 17.0. The molecule has 0 aliphatic rings. The van der Waals surface area contributed by atoms with E-state index in [0.29, 0.717) is 11.7 Å². The van der Waals surface area contributed by atoms with Crippen molar-refractivity contribution in [1.29, 1.82) is 0 Å². The summed E-state index contributed by atoms with van der Waals surface area (Å²) in [5, 5.41) is 5.13. The van der Waals surface area contributed by atoms with Gasteiger partial charge in [-0.25, -0.2) is 0 Å². The van der Waals surface area contributed by atoms with Gasteiger partial charge in [-0.15, -0.1) is 0 Å². The third kappa shape index (κ3) is 4.38. The average molecular weight is 333 g/mol. The lowest BCUT2D eigenvalue weighted by atomic mass is 9.99. The minimum absolute atomic E-state index is 0.00446. The molecule has 0 aromatic heterocycles. The normalized spacial score (nSPS) is 11.9. The smallest absolute Gasteiger partial charge is 0.262 e. The van der Waals surface area contributed by atoms with Crippen LogP contribution in [0.1, 0.15) is 31.7 Å². The molecule has 1 atom stereocenters. The van der Waals surface area contributed by atoms with E-state index >= 15 is 0 Å².